The van der Waals surface area contributed by atoms with E-state index in [1.165, 1.54) is 37.1 Å². The van der Waals surface area contributed by atoms with Crippen LogP contribution in [0.4, 0.5) is 0 Å². The summed E-state index contributed by atoms with van der Waals surface area (Å²) in [4.78, 5) is 8.89. The van der Waals surface area contributed by atoms with Gasteiger partial charge < -0.3 is 11.1 Å². The number of aliphatic imine (C=N–C) groups is 1. The van der Waals surface area contributed by atoms with Crippen LogP contribution in [0.3, 0.4) is 0 Å². The van der Waals surface area contributed by atoms with Gasteiger partial charge in [0.2, 0.25) is 0 Å². The topological polar surface area (TPSA) is 63.3 Å². The van der Waals surface area contributed by atoms with Gasteiger partial charge >= 0.3 is 0 Å². The number of hydrogen-bond donors (Lipinski definition) is 2. The van der Waals surface area contributed by atoms with E-state index in [0.717, 1.165) is 31.5 Å². The Hall–Kier alpha value is -1.10. The van der Waals surface area contributed by atoms with E-state index < -0.39 is 0 Å². The first-order chi connectivity index (χ1) is 9.74. The molecule has 0 atom stereocenters. The van der Waals surface area contributed by atoms with Crippen molar-refractivity contribution in [1.82, 2.24) is 10.3 Å². The Morgan fingerprint density at radius 2 is 2.20 bits per heavy atom. The van der Waals surface area contributed by atoms with Gasteiger partial charge in [0.05, 0.1) is 5.01 Å². The molecule has 1 heterocycles. The number of rotatable bonds is 6. The SMILES string of the molecule is Cc1csc(CCCCN=C(N)NC2CCCCC2)n1. The fourth-order valence-electron chi connectivity index (χ4n) is 2.61. The van der Waals surface area contributed by atoms with Crippen molar-refractivity contribution in [3.63, 3.8) is 0 Å². The molecular formula is C15H26N4S. The van der Waals surface area contributed by atoms with Gasteiger partial charge in [-0.2, -0.15) is 0 Å². The quantitative estimate of drug-likeness (QED) is 0.481. The molecule has 1 saturated carbocycles. The van der Waals surface area contributed by atoms with E-state index in [1.54, 1.807) is 11.3 Å². The van der Waals surface area contributed by atoms with Gasteiger partial charge in [0.15, 0.2) is 5.96 Å². The Balaban J connectivity index is 1.57. The predicted octanol–water partition coefficient (Wildman–Crippen LogP) is 3.01. The molecule has 1 aromatic rings. The van der Waals surface area contributed by atoms with Crippen LogP contribution in [0.15, 0.2) is 10.4 Å². The number of hydrogen-bond acceptors (Lipinski definition) is 3. The number of thiazole rings is 1. The number of unbranched alkanes of at least 4 members (excludes halogenated alkanes) is 1. The maximum atomic E-state index is 5.93. The second-order valence-corrected chi connectivity index (χ2v) is 6.53. The van der Waals surface area contributed by atoms with E-state index in [9.17, 15) is 0 Å². The van der Waals surface area contributed by atoms with Crippen LogP contribution in [-0.4, -0.2) is 23.5 Å². The van der Waals surface area contributed by atoms with Crippen LogP contribution in [0.5, 0.6) is 0 Å². The van der Waals surface area contributed by atoms with Crippen molar-refractivity contribution in [1.29, 1.82) is 0 Å². The molecule has 0 aliphatic heterocycles. The first-order valence-electron chi connectivity index (χ1n) is 7.71. The molecule has 3 N–H and O–H groups in total. The van der Waals surface area contributed by atoms with Crippen molar-refractivity contribution in [2.24, 2.45) is 10.7 Å². The first-order valence-corrected chi connectivity index (χ1v) is 8.59. The second kappa shape index (κ2) is 8.25. The largest absolute Gasteiger partial charge is 0.370 e. The van der Waals surface area contributed by atoms with Crippen molar-refractivity contribution >= 4 is 17.3 Å². The van der Waals surface area contributed by atoms with Crippen LogP contribution < -0.4 is 11.1 Å². The maximum absolute atomic E-state index is 5.93. The van der Waals surface area contributed by atoms with Crippen LogP contribution in [0.2, 0.25) is 0 Å². The van der Waals surface area contributed by atoms with Gasteiger partial charge in [0.1, 0.15) is 0 Å². The molecule has 4 nitrogen and oxygen atoms in total. The van der Waals surface area contributed by atoms with Crippen LogP contribution in [0, 0.1) is 6.92 Å². The summed E-state index contributed by atoms with van der Waals surface area (Å²) in [5.41, 5.74) is 7.06. The Bertz CT molecular complexity index is 421. The predicted molar refractivity (Wildman–Crippen MR) is 86.3 cm³/mol. The Labute approximate surface area is 125 Å². The molecule has 0 aromatic carbocycles. The Morgan fingerprint density at radius 3 is 2.90 bits per heavy atom. The van der Waals surface area contributed by atoms with Gasteiger partial charge in [-0.3, -0.25) is 4.99 Å². The Kier molecular flexibility index (Phi) is 6.30. The smallest absolute Gasteiger partial charge is 0.188 e. The second-order valence-electron chi connectivity index (χ2n) is 5.59. The van der Waals surface area contributed by atoms with Gasteiger partial charge in [-0.15, -0.1) is 11.3 Å². The number of aromatic nitrogens is 1. The van der Waals surface area contributed by atoms with E-state index >= 15 is 0 Å². The average Bonchev–Trinajstić information content (AvgIpc) is 2.85. The summed E-state index contributed by atoms with van der Waals surface area (Å²) < 4.78 is 0. The lowest BCUT2D eigenvalue weighted by Crippen LogP contribution is -2.41. The van der Waals surface area contributed by atoms with Crippen LogP contribution in [0.1, 0.15) is 55.6 Å². The molecule has 1 fully saturated rings. The zero-order valence-corrected chi connectivity index (χ0v) is 13.2. The van der Waals surface area contributed by atoms with Crippen LogP contribution >= 0.6 is 11.3 Å². The lowest BCUT2D eigenvalue weighted by Gasteiger charge is -2.23. The van der Waals surface area contributed by atoms with E-state index in [-0.39, 0.29) is 0 Å². The van der Waals surface area contributed by atoms with Gasteiger partial charge in [0, 0.05) is 23.7 Å². The van der Waals surface area contributed by atoms with Gasteiger partial charge in [-0.05, 0) is 39.0 Å². The lowest BCUT2D eigenvalue weighted by atomic mass is 9.96. The highest BCUT2D eigenvalue weighted by Crippen LogP contribution is 2.17. The molecule has 5 heteroatoms. The normalized spacial score (nSPS) is 17.4. The zero-order valence-electron chi connectivity index (χ0n) is 12.4. The first kappa shape index (κ1) is 15.3. The summed E-state index contributed by atoms with van der Waals surface area (Å²) in [6, 6.07) is 0.547. The average molecular weight is 294 g/mol. The van der Waals surface area contributed by atoms with Crippen molar-refractivity contribution in [3.05, 3.63) is 16.1 Å². The fourth-order valence-corrected chi connectivity index (χ4v) is 3.42. The minimum absolute atomic E-state index is 0.547. The number of nitrogens with zero attached hydrogens (tertiary/aromatic N) is 2. The number of aryl methyl sites for hydroxylation is 2. The van der Waals surface area contributed by atoms with Gasteiger partial charge in [-0.25, -0.2) is 4.98 Å². The Morgan fingerprint density at radius 1 is 1.40 bits per heavy atom. The molecule has 0 amide bonds. The van der Waals surface area contributed by atoms with E-state index in [2.05, 4.69) is 20.7 Å². The van der Waals surface area contributed by atoms with Crippen molar-refractivity contribution in [3.8, 4) is 0 Å². The van der Waals surface area contributed by atoms with E-state index in [1.807, 2.05) is 6.92 Å². The third-order valence-corrected chi connectivity index (χ3v) is 4.73. The minimum Gasteiger partial charge on any atom is -0.370 e. The van der Waals surface area contributed by atoms with Crippen LogP contribution in [-0.2, 0) is 6.42 Å². The molecule has 112 valence electrons. The molecule has 1 aromatic heterocycles. The van der Waals surface area contributed by atoms with Crippen molar-refractivity contribution < 1.29 is 0 Å². The third-order valence-electron chi connectivity index (χ3n) is 3.70. The molecule has 0 bridgehead atoms. The monoisotopic (exact) mass is 294 g/mol. The van der Waals surface area contributed by atoms with Gasteiger partial charge in [-0.1, -0.05) is 19.3 Å². The van der Waals surface area contributed by atoms with Crippen molar-refractivity contribution in [2.75, 3.05) is 6.54 Å². The summed E-state index contributed by atoms with van der Waals surface area (Å²) in [5, 5.41) is 6.69. The molecule has 2 rings (SSSR count). The summed E-state index contributed by atoms with van der Waals surface area (Å²) >= 11 is 1.75. The molecule has 0 radical (unpaired) electrons. The minimum atomic E-state index is 0.547. The number of nitrogens with one attached hydrogen (secondary N) is 1. The molecule has 0 unspecified atom stereocenters. The molecule has 20 heavy (non-hydrogen) atoms. The number of nitrogens with two attached hydrogens (primary N) is 1. The molecule has 0 spiro atoms. The third kappa shape index (κ3) is 5.49. The highest BCUT2D eigenvalue weighted by Gasteiger charge is 2.12. The highest BCUT2D eigenvalue weighted by atomic mass is 32.1. The molecule has 0 saturated heterocycles. The van der Waals surface area contributed by atoms with E-state index in [0.29, 0.717) is 12.0 Å². The van der Waals surface area contributed by atoms with E-state index in [4.69, 9.17) is 5.73 Å². The highest BCUT2D eigenvalue weighted by molar-refractivity contribution is 7.09. The van der Waals surface area contributed by atoms with Gasteiger partial charge in [0.25, 0.3) is 0 Å². The van der Waals surface area contributed by atoms with Crippen LogP contribution in [0.25, 0.3) is 0 Å². The lowest BCUT2D eigenvalue weighted by molar-refractivity contribution is 0.412. The van der Waals surface area contributed by atoms with Crippen molar-refractivity contribution in [2.45, 2.75) is 64.3 Å². The standard InChI is InChI=1S/C15H26N4S/c1-12-11-20-14(18-12)9-5-6-10-17-15(16)19-13-7-3-2-4-8-13/h11,13H,2-10H2,1H3,(H3,16,17,19). The summed E-state index contributed by atoms with van der Waals surface area (Å²) in [7, 11) is 0. The molecule has 1 aliphatic carbocycles. The maximum Gasteiger partial charge on any atom is 0.188 e. The summed E-state index contributed by atoms with van der Waals surface area (Å²) in [6.45, 7) is 2.86. The fraction of sp³-hybridized carbons (Fsp3) is 0.733. The summed E-state index contributed by atoms with van der Waals surface area (Å²) in [5.74, 6) is 0.627. The molecule has 1 aliphatic rings. The molecular weight excluding hydrogens is 268 g/mol. The zero-order chi connectivity index (χ0) is 14.2. The number of guanidine groups is 1. The summed E-state index contributed by atoms with van der Waals surface area (Å²) in [6.07, 6.45) is 9.74.